The van der Waals surface area contributed by atoms with Crippen LogP contribution in [0.4, 0.5) is 0 Å². The molecule has 1 aliphatic carbocycles. The Morgan fingerprint density at radius 1 is 1.21 bits per heavy atom. The number of nitrogens with one attached hydrogen (secondary N) is 1. The lowest BCUT2D eigenvalue weighted by atomic mass is 10.2. The van der Waals surface area contributed by atoms with Crippen molar-refractivity contribution in [2.45, 2.75) is 37.1 Å². The summed E-state index contributed by atoms with van der Waals surface area (Å²) < 4.78 is 26.8. The SMILES string of the molecule is O=[N+]([O-])[C@H](c1ccccc1)S(=O)(=O)NC1CCCC1. The van der Waals surface area contributed by atoms with Gasteiger partial charge in [-0.15, -0.1) is 0 Å². The second-order valence-electron chi connectivity index (χ2n) is 4.69. The van der Waals surface area contributed by atoms with Crippen LogP contribution in [0.2, 0.25) is 0 Å². The highest BCUT2D eigenvalue weighted by atomic mass is 32.2. The fourth-order valence-corrected chi connectivity index (χ4v) is 3.94. The molecule has 0 aromatic heterocycles. The summed E-state index contributed by atoms with van der Waals surface area (Å²) >= 11 is 0. The van der Waals surface area contributed by atoms with Gasteiger partial charge in [-0.1, -0.05) is 43.2 Å². The average molecular weight is 284 g/mol. The van der Waals surface area contributed by atoms with E-state index in [9.17, 15) is 18.5 Å². The van der Waals surface area contributed by atoms with Crippen LogP contribution in [0.15, 0.2) is 30.3 Å². The molecule has 0 spiro atoms. The molecule has 1 N–H and O–H groups in total. The molecule has 1 aromatic rings. The molecule has 1 atom stereocenters. The van der Waals surface area contributed by atoms with E-state index in [2.05, 4.69) is 4.72 Å². The van der Waals surface area contributed by atoms with Crippen LogP contribution in [0.5, 0.6) is 0 Å². The van der Waals surface area contributed by atoms with Gasteiger partial charge >= 0.3 is 5.37 Å². The van der Waals surface area contributed by atoms with Crippen LogP contribution in [0, 0.1) is 10.1 Å². The van der Waals surface area contributed by atoms with E-state index in [4.69, 9.17) is 0 Å². The van der Waals surface area contributed by atoms with Gasteiger partial charge in [0.05, 0.1) is 0 Å². The van der Waals surface area contributed by atoms with Gasteiger partial charge in [-0.2, -0.15) is 0 Å². The van der Waals surface area contributed by atoms with Crippen LogP contribution in [0.3, 0.4) is 0 Å². The fraction of sp³-hybridized carbons (Fsp3) is 0.500. The van der Waals surface area contributed by atoms with Crippen molar-refractivity contribution in [2.75, 3.05) is 0 Å². The third kappa shape index (κ3) is 3.30. The Kier molecular flexibility index (Phi) is 4.16. The smallest absolute Gasteiger partial charge is 0.263 e. The van der Waals surface area contributed by atoms with Gasteiger partial charge in [0, 0.05) is 16.5 Å². The first-order valence-corrected chi connectivity index (χ1v) is 7.75. The Morgan fingerprint density at radius 3 is 2.32 bits per heavy atom. The van der Waals surface area contributed by atoms with Gasteiger partial charge in [-0.3, -0.25) is 10.1 Å². The molecule has 0 radical (unpaired) electrons. The molecule has 0 unspecified atom stereocenters. The molecule has 1 fully saturated rings. The van der Waals surface area contributed by atoms with Crippen LogP contribution in [-0.2, 0) is 10.0 Å². The van der Waals surface area contributed by atoms with Gasteiger partial charge in [0.1, 0.15) is 0 Å². The lowest BCUT2D eigenvalue weighted by Gasteiger charge is -2.15. The van der Waals surface area contributed by atoms with E-state index in [1.54, 1.807) is 18.2 Å². The summed E-state index contributed by atoms with van der Waals surface area (Å²) in [5, 5.41) is 9.37. The Bertz CT molecular complexity index is 538. The monoisotopic (exact) mass is 284 g/mol. The molecule has 0 amide bonds. The summed E-state index contributed by atoms with van der Waals surface area (Å²) in [5.41, 5.74) is 0.179. The van der Waals surface area contributed by atoms with Crippen LogP contribution in [0.25, 0.3) is 0 Å². The highest BCUT2D eigenvalue weighted by Gasteiger charge is 2.39. The number of sulfonamides is 1. The Hall–Kier alpha value is -1.47. The molecule has 2 rings (SSSR count). The standard InChI is InChI=1S/C12H16N2O4S/c15-14(16)12(10-6-2-1-3-7-10)19(17,18)13-11-8-4-5-9-11/h1-3,6-7,11-13H,4-5,8-9H2/t12-/m0/s1. The summed E-state index contributed by atoms with van der Waals surface area (Å²) in [6, 6.07) is 7.63. The highest BCUT2D eigenvalue weighted by molar-refractivity contribution is 7.89. The molecule has 1 aliphatic rings. The molecular weight excluding hydrogens is 268 g/mol. The molecule has 0 bridgehead atoms. The predicted octanol–water partition coefficient (Wildman–Crippen LogP) is 1.82. The maximum absolute atomic E-state index is 12.2. The normalized spacial score (nSPS) is 18.3. The van der Waals surface area contributed by atoms with Crippen molar-refractivity contribution in [3.05, 3.63) is 46.0 Å². The first kappa shape index (κ1) is 14.0. The molecule has 7 heteroatoms. The van der Waals surface area contributed by atoms with Crippen LogP contribution in [0.1, 0.15) is 36.6 Å². The van der Waals surface area contributed by atoms with E-state index in [-0.39, 0.29) is 11.6 Å². The zero-order valence-electron chi connectivity index (χ0n) is 10.4. The van der Waals surface area contributed by atoms with Crippen LogP contribution in [-0.4, -0.2) is 19.4 Å². The quantitative estimate of drug-likeness (QED) is 0.659. The molecule has 6 nitrogen and oxygen atoms in total. The Labute approximate surface area is 112 Å². The second-order valence-corrected chi connectivity index (χ2v) is 6.46. The second kappa shape index (κ2) is 5.66. The van der Waals surface area contributed by atoms with Gasteiger partial charge in [-0.05, 0) is 12.8 Å². The fourth-order valence-electron chi connectivity index (χ4n) is 2.37. The molecule has 0 heterocycles. The maximum atomic E-state index is 12.2. The van der Waals surface area contributed by atoms with E-state index in [1.807, 2.05) is 0 Å². The van der Waals surface area contributed by atoms with Gasteiger partial charge in [0.2, 0.25) is 0 Å². The lowest BCUT2D eigenvalue weighted by molar-refractivity contribution is -0.503. The van der Waals surface area contributed by atoms with Crippen molar-refractivity contribution in [3.8, 4) is 0 Å². The predicted molar refractivity (Wildman–Crippen MR) is 70.5 cm³/mol. The molecule has 104 valence electrons. The number of benzene rings is 1. The molecule has 1 aromatic carbocycles. The van der Waals surface area contributed by atoms with Gasteiger partial charge in [-0.25, -0.2) is 13.1 Å². The average Bonchev–Trinajstić information content (AvgIpc) is 2.81. The van der Waals surface area contributed by atoms with Crippen molar-refractivity contribution in [2.24, 2.45) is 0 Å². The Balaban J connectivity index is 2.25. The number of hydrogen-bond donors (Lipinski definition) is 1. The molecule has 1 saturated carbocycles. The zero-order chi connectivity index (χ0) is 13.9. The number of nitro groups is 1. The summed E-state index contributed by atoms with van der Waals surface area (Å²) in [5.74, 6) is 0. The molecule has 0 aliphatic heterocycles. The van der Waals surface area contributed by atoms with E-state index in [0.29, 0.717) is 0 Å². The largest absolute Gasteiger partial charge is 0.348 e. The van der Waals surface area contributed by atoms with Crippen molar-refractivity contribution in [1.82, 2.24) is 4.72 Å². The van der Waals surface area contributed by atoms with Crippen LogP contribution >= 0.6 is 0 Å². The summed E-state index contributed by atoms with van der Waals surface area (Å²) in [6.07, 6.45) is 3.42. The number of hydrogen-bond acceptors (Lipinski definition) is 4. The topological polar surface area (TPSA) is 89.3 Å². The zero-order valence-corrected chi connectivity index (χ0v) is 11.2. The van der Waals surface area contributed by atoms with Gasteiger partial charge in [0.15, 0.2) is 0 Å². The first-order valence-electron chi connectivity index (χ1n) is 6.20. The summed E-state index contributed by atoms with van der Waals surface area (Å²) in [6.45, 7) is 0. The third-order valence-corrected chi connectivity index (χ3v) is 4.95. The Morgan fingerprint density at radius 2 is 1.79 bits per heavy atom. The highest BCUT2D eigenvalue weighted by Crippen LogP contribution is 2.25. The first-order chi connectivity index (χ1) is 9.00. The van der Waals surface area contributed by atoms with Crippen LogP contribution < -0.4 is 4.72 Å². The van der Waals surface area contributed by atoms with Crippen molar-refractivity contribution >= 4 is 10.0 Å². The summed E-state index contributed by atoms with van der Waals surface area (Å²) in [4.78, 5) is 10.3. The van der Waals surface area contributed by atoms with E-state index < -0.39 is 20.3 Å². The lowest BCUT2D eigenvalue weighted by Crippen LogP contribution is -2.38. The molecular formula is C12H16N2O4S. The van der Waals surface area contributed by atoms with Crippen molar-refractivity contribution < 1.29 is 13.3 Å². The number of rotatable bonds is 5. The van der Waals surface area contributed by atoms with Crippen molar-refractivity contribution in [1.29, 1.82) is 0 Å². The van der Waals surface area contributed by atoms with E-state index in [0.717, 1.165) is 25.7 Å². The third-order valence-electron chi connectivity index (χ3n) is 3.26. The van der Waals surface area contributed by atoms with E-state index >= 15 is 0 Å². The molecule has 19 heavy (non-hydrogen) atoms. The molecule has 0 saturated heterocycles. The number of nitrogens with zero attached hydrogens (tertiary/aromatic N) is 1. The maximum Gasteiger partial charge on any atom is 0.348 e. The van der Waals surface area contributed by atoms with Gasteiger partial charge < -0.3 is 0 Å². The van der Waals surface area contributed by atoms with E-state index in [1.165, 1.54) is 12.1 Å². The minimum Gasteiger partial charge on any atom is -0.263 e. The minimum absolute atomic E-state index is 0.170. The minimum atomic E-state index is -4.01. The summed E-state index contributed by atoms with van der Waals surface area (Å²) in [7, 11) is -4.01. The van der Waals surface area contributed by atoms with Gasteiger partial charge in [0.25, 0.3) is 10.0 Å². The van der Waals surface area contributed by atoms with Crippen molar-refractivity contribution in [3.63, 3.8) is 0 Å².